The molecule has 0 aliphatic carbocycles. The van der Waals surface area contributed by atoms with Crippen LogP contribution in [0.4, 0.5) is 11.4 Å². The Labute approximate surface area is 84.9 Å². The van der Waals surface area contributed by atoms with Crippen molar-refractivity contribution in [1.29, 1.82) is 0 Å². The van der Waals surface area contributed by atoms with E-state index in [0.717, 1.165) is 12.1 Å². The summed E-state index contributed by atoms with van der Waals surface area (Å²) >= 11 is 0. The van der Waals surface area contributed by atoms with Crippen LogP contribution in [-0.4, -0.2) is 11.8 Å². The standard InChI is InChI=1S/C11H18N2O/c1-8(2)5-9-3-4-11(13-7-14)10(12)6-9/h3-4,6,8,13-14H,5,7,12H2,1-2H3. The highest BCUT2D eigenvalue weighted by Crippen LogP contribution is 2.21. The first kappa shape index (κ1) is 10.9. The van der Waals surface area contributed by atoms with Crippen molar-refractivity contribution in [1.82, 2.24) is 0 Å². The number of nitrogens with one attached hydrogen (secondary N) is 1. The number of anilines is 2. The molecule has 0 aromatic heterocycles. The van der Waals surface area contributed by atoms with Crippen LogP contribution < -0.4 is 11.1 Å². The van der Waals surface area contributed by atoms with Gasteiger partial charge in [0.15, 0.2) is 0 Å². The number of nitrogens with two attached hydrogens (primary N) is 1. The molecule has 4 N–H and O–H groups in total. The number of nitrogen functional groups attached to an aromatic ring is 1. The van der Waals surface area contributed by atoms with Crippen LogP contribution in [0.5, 0.6) is 0 Å². The predicted octanol–water partition coefficient (Wildman–Crippen LogP) is 1.83. The summed E-state index contributed by atoms with van der Waals surface area (Å²) in [6.07, 6.45) is 1.03. The Morgan fingerprint density at radius 3 is 2.64 bits per heavy atom. The van der Waals surface area contributed by atoms with Gasteiger partial charge in [0, 0.05) is 0 Å². The van der Waals surface area contributed by atoms with Crippen molar-refractivity contribution in [3.05, 3.63) is 23.8 Å². The average molecular weight is 194 g/mol. The third-order valence-electron chi connectivity index (χ3n) is 2.03. The molecule has 0 atom stereocenters. The van der Waals surface area contributed by atoms with Crippen LogP contribution in [0.3, 0.4) is 0 Å². The third-order valence-corrected chi connectivity index (χ3v) is 2.03. The van der Waals surface area contributed by atoms with E-state index >= 15 is 0 Å². The maximum atomic E-state index is 8.69. The van der Waals surface area contributed by atoms with Crippen LogP contribution >= 0.6 is 0 Å². The van der Waals surface area contributed by atoms with Gasteiger partial charge in [-0.3, -0.25) is 0 Å². The van der Waals surface area contributed by atoms with Crippen LogP contribution in [0.2, 0.25) is 0 Å². The molecule has 0 saturated heterocycles. The molecule has 3 heteroatoms. The average Bonchev–Trinajstić information content (AvgIpc) is 2.09. The minimum absolute atomic E-state index is 0.0896. The first-order valence-corrected chi connectivity index (χ1v) is 4.86. The van der Waals surface area contributed by atoms with Crippen molar-refractivity contribution < 1.29 is 5.11 Å². The third kappa shape index (κ3) is 2.92. The van der Waals surface area contributed by atoms with Gasteiger partial charge in [0.25, 0.3) is 0 Å². The van der Waals surface area contributed by atoms with E-state index in [0.29, 0.717) is 11.6 Å². The lowest BCUT2D eigenvalue weighted by molar-refractivity contribution is 0.326. The van der Waals surface area contributed by atoms with Gasteiger partial charge >= 0.3 is 0 Å². The van der Waals surface area contributed by atoms with Gasteiger partial charge in [0.2, 0.25) is 0 Å². The molecule has 1 aromatic rings. The number of benzene rings is 1. The lowest BCUT2D eigenvalue weighted by Gasteiger charge is -2.10. The molecule has 0 amide bonds. The Hall–Kier alpha value is -1.22. The number of aliphatic hydroxyl groups excluding tert-OH is 1. The molecule has 0 spiro atoms. The molecule has 78 valence electrons. The first-order valence-electron chi connectivity index (χ1n) is 4.86. The number of aliphatic hydroxyl groups is 1. The second kappa shape index (κ2) is 4.86. The highest BCUT2D eigenvalue weighted by Gasteiger charge is 2.01. The number of hydrogen-bond donors (Lipinski definition) is 3. The highest BCUT2D eigenvalue weighted by atomic mass is 16.3. The number of hydrogen-bond acceptors (Lipinski definition) is 3. The summed E-state index contributed by atoms with van der Waals surface area (Å²) in [6.45, 7) is 4.26. The van der Waals surface area contributed by atoms with Crippen LogP contribution in [0.25, 0.3) is 0 Å². The van der Waals surface area contributed by atoms with Gasteiger partial charge in [-0.25, -0.2) is 0 Å². The van der Waals surface area contributed by atoms with Crippen molar-refractivity contribution in [3.8, 4) is 0 Å². The van der Waals surface area contributed by atoms with Gasteiger partial charge in [-0.1, -0.05) is 19.9 Å². The normalized spacial score (nSPS) is 10.6. The van der Waals surface area contributed by atoms with Crippen molar-refractivity contribution in [2.75, 3.05) is 17.8 Å². The first-order chi connectivity index (χ1) is 6.63. The largest absolute Gasteiger partial charge is 0.397 e. The zero-order valence-corrected chi connectivity index (χ0v) is 8.75. The molecule has 1 rings (SSSR count). The van der Waals surface area contributed by atoms with Gasteiger partial charge in [-0.2, -0.15) is 0 Å². The molecule has 3 nitrogen and oxygen atoms in total. The van der Waals surface area contributed by atoms with E-state index < -0.39 is 0 Å². The smallest absolute Gasteiger partial charge is 0.113 e. The topological polar surface area (TPSA) is 58.3 Å². The molecule has 14 heavy (non-hydrogen) atoms. The minimum Gasteiger partial charge on any atom is -0.397 e. The molecule has 0 heterocycles. The van der Waals surface area contributed by atoms with Crippen LogP contribution in [0.1, 0.15) is 19.4 Å². The lowest BCUT2D eigenvalue weighted by atomic mass is 10.0. The van der Waals surface area contributed by atoms with E-state index in [1.165, 1.54) is 5.56 Å². The van der Waals surface area contributed by atoms with Gasteiger partial charge in [0.1, 0.15) is 6.73 Å². The van der Waals surface area contributed by atoms with Gasteiger partial charge < -0.3 is 16.2 Å². The van der Waals surface area contributed by atoms with Crippen molar-refractivity contribution >= 4 is 11.4 Å². The minimum atomic E-state index is -0.0896. The Balaban J connectivity index is 2.78. The van der Waals surface area contributed by atoms with Gasteiger partial charge in [0.05, 0.1) is 11.4 Å². The zero-order valence-electron chi connectivity index (χ0n) is 8.75. The van der Waals surface area contributed by atoms with Crippen molar-refractivity contribution in [2.45, 2.75) is 20.3 Å². The molecule has 0 aliphatic heterocycles. The zero-order chi connectivity index (χ0) is 10.6. The predicted molar refractivity (Wildman–Crippen MR) is 60.1 cm³/mol. The summed E-state index contributed by atoms with van der Waals surface area (Å²) in [5.41, 5.74) is 8.53. The van der Waals surface area contributed by atoms with Gasteiger partial charge in [-0.05, 0) is 30.0 Å². The molecule has 0 unspecified atom stereocenters. The molecule has 0 aliphatic rings. The second-order valence-corrected chi connectivity index (χ2v) is 3.85. The Bertz CT molecular complexity index is 297. The number of rotatable bonds is 4. The van der Waals surface area contributed by atoms with E-state index in [1.807, 2.05) is 18.2 Å². The maximum Gasteiger partial charge on any atom is 0.113 e. The van der Waals surface area contributed by atoms with Crippen molar-refractivity contribution in [2.24, 2.45) is 5.92 Å². The fraction of sp³-hybridized carbons (Fsp3) is 0.455. The summed E-state index contributed by atoms with van der Waals surface area (Å²) in [4.78, 5) is 0. The summed E-state index contributed by atoms with van der Waals surface area (Å²) in [7, 11) is 0. The Morgan fingerprint density at radius 1 is 1.43 bits per heavy atom. The van der Waals surface area contributed by atoms with Gasteiger partial charge in [-0.15, -0.1) is 0 Å². The molecule has 0 saturated carbocycles. The fourth-order valence-electron chi connectivity index (χ4n) is 1.46. The SMILES string of the molecule is CC(C)Cc1ccc(NCO)c(N)c1. The monoisotopic (exact) mass is 194 g/mol. The van der Waals surface area contributed by atoms with Crippen LogP contribution in [0, 0.1) is 5.92 Å². The van der Waals surface area contributed by atoms with E-state index in [1.54, 1.807) is 0 Å². The Kier molecular flexibility index (Phi) is 3.77. The van der Waals surface area contributed by atoms with Crippen molar-refractivity contribution in [3.63, 3.8) is 0 Å². The highest BCUT2D eigenvalue weighted by molar-refractivity contribution is 5.66. The molecular weight excluding hydrogens is 176 g/mol. The van der Waals surface area contributed by atoms with E-state index in [9.17, 15) is 0 Å². The summed E-state index contributed by atoms with van der Waals surface area (Å²) in [5.74, 6) is 0.631. The Morgan fingerprint density at radius 2 is 2.14 bits per heavy atom. The summed E-state index contributed by atoms with van der Waals surface area (Å²) in [5, 5.41) is 11.5. The van der Waals surface area contributed by atoms with E-state index in [2.05, 4.69) is 19.2 Å². The summed E-state index contributed by atoms with van der Waals surface area (Å²) in [6, 6.07) is 5.90. The van der Waals surface area contributed by atoms with Crippen LogP contribution in [0.15, 0.2) is 18.2 Å². The summed E-state index contributed by atoms with van der Waals surface area (Å²) < 4.78 is 0. The van der Waals surface area contributed by atoms with Crippen LogP contribution in [-0.2, 0) is 6.42 Å². The van der Waals surface area contributed by atoms with E-state index in [-0.39, 0.29) is 6.73 Å². The second-order valence-electron chi connectivity index (χ2n) is 3.85. The molecular formula is C11H18N2O. The molecule has 0 radical (unpaired) electrons. The molecule has 0 fully saturated rings. The quantitative estimate of drug-likeness (QED) is 0.506. The van der Waals surface area contributed by atoms with E-state index in [4.69, 9.17) is 10.8 Å². The molecule has 1 aromatic carbocycles. The maximum absolute atomic E-state index is 8.69. The molecule has 0 bridgehead atoms. The lowest BCUT2D eigenvalue weighted by Crippen LogP contribution is -2.04. The fourth-order valence-corrected chi connectivity index (χ4v) is 1.46.